The van der Waals surface area contributed by atoms with Gasteiger partial charge in [0.25, 0.3) is 5.91 Å². The molecule has 0 radical (unpaired) electrons. The van der Waals surface area contributed by atoms with Crippen LogP contribution in [-0.2, 0) is 16.1 Å². The van der Waals surface area contributed by atoms with E-state index in [0.717, 1.165) is 18.4 Å². The van der Waals surface area contributed by atoms with E-state index in [2.05, 4.69) is 5.32 Å². The van der Waals surface area contributed by atoms with Crippen molar-refractivity contribution in [3.05, 3.63) is 59.4 Å². The number of nitrogens with one attached hydrogen (secondary N) is 1. The second kappa shape index (κ2) is 9.51. The molecular formula is C25H28FN3O3. The van der Waals surface area contributed by atoms with E-state index >= 15 is 0 Å². The van der Waals surface area contributed by atoms with Gasteiger partial charge in [-0.2, -0.15) is 0 Å². The van der Waals surface area contributed by atoms with Crippen LogP contribution in [0.3, 0.4) is 0 Å². The summed E-state index contributed by atoms with van der Waals surface area (Å²) >= 11 is 0. The zero-order chi connectivity index (χ0) is 22.7. The van der Waals surface area contributed by atoms with Crippen molar-refractivity contribution >= 4 is 29.1 Å². The first-order chi connectivity index (χ1) is 15.4. The Morgan fingerprint density at radius 1 is 1.03 bits per heavy atom. The molecule has 2 aliphatic rings. The first-order valence-electron chi connectivity index (χ1n) is 11.2. The lowest BCUT2D eigenvalue weighted by molar-refractivity contribution is -0.139. The molecule has 1 aliphatic heterocycles. The molecule has 0 atom stereocenters. The maximum absolute atomic E-state index is 14.8. The molecule has 6 nitrogen and oxygen atoms in total. The number of hydrogen-bond acceptors (Lipinski definition) is 4. The summed E-state index contributed by atoms with van der Waals surface area (Å²) in [4.78, 5) is 39.4. The fourth-order valence-electron chi connectivity index (χ4n) is 4.48. The number of imide groups is 1. The number of amides is 3. The van der Waals surface area contributed by atoms with Gasteiger partial charge in [0.15, 0.2) is 0 Å². The van der Waals surface area contributed by atoms with Crippen LogP contribution in [0.25, 0.3) is 0 Å². The number of halogens is 1. The molecule has 2 aromatic rings. The van der Waals surface area contributed by atoms with Crippen LogP contribution >= 0.6 is 0 Å². The Morgan fingerprint density at radius 3 is 2.31 bits per heavy atom. The molecule has 1 heterocycles. The van der Waals surface area contributed by atoms with Gasteiger partial charge in [0, 0.05) is 37.2 Å². The number of nitrogens with zero attached hydrogens (tertiary/aromatic N) is 2. The lowest BCUT2D eigenvalue weighted by Crippen LogP contribution is -2.33. The first-order valence-corrected chi connectivity index (χ1v) is 11.2. The van der Waals surface area contributed by atoms with Crippen molar-refractivity contribution in [3.8, 4) is 0 Å². The molecule has 2 aromatic carbocycles. The average molecular weight is 438 g/mol. The fraction of sp³-hybridized carbons (Fsp3) is 0.400. The standard InChI is InChI=1S/C25H28FN3O3/c1-28(20-5-3-2-4-6-20)22-12-11-19(15-21(22)26)27-25(32)18-9-7-17(8-10-18)16-29-23(30)13-14-24(29)31/h7-12,15,20H,2-6,13-14,16H2,1H3,(H,27,32). The monoisotopic (exact) mass is 437 g/mol. The molecule has 2 fully saturated rings. The molecular weight excluding hydrogens is 409 g/mol. The highest BCUT2D eigenvalue weighted by atomic mass is 19.1. The SMILES string of the molecule is CN(c1ccc(NC(=O)c2ccc(CN3C(=O)CCC3=O)cc2)cc1F)C1CCCCC1. The van der Waals surface area contributed by atoms with Crippen molar-refractivity contribution in [1.29, 1.82) is 0 Å². The number of anilines is 2. The van der Waals surface area contributed by atoms with E-state index in [0.29, 0.717) is 23.0 Å². The summed E-state index contributed by atoms with van der Waals surface area (Å²) in [5.74, 6) is -1.04. The molecule has 3 amide bonds. The topological polar surface area (TPSA) is 69.7 Å². The maximum Gasteiger partial charge on any atom is 0.255 e. The van der Waals surface area contributed by atoms with Crippen LogP contribution in [0, 0.1) is 5.82 Å². The molecule has 168 valence electrons. The van der Waals surface area contributed by atoms with Crippen LogP contribution in [0.2, 0.25) is 0 Å². The van der Waals surface area contributed by atoms with Crippen LogP contribution < -0.4 is 10.2 Å². The minimum Gasteiger partial charge on any atom is -0.369 e. The van der Waals surface area contributed by atoms with Gasteiger partial charge in [0.05, 0.1) is 12.2 Å². The van der Waals surface area contributed by atoms with Gasteiger partial charge in [-0.1, -0.05) is 31.4 Å². The Morgan fingerprint density at radius 2 is 1.69 bits per heavy atom. The van der Waals surface area contributed by atoms with Gasteiger partial charge in [-0.25, -0.2) is 4.39 Å². The van der Waals surface area contributed by atoms with E-state index < -0.39 is 0 Å². The van der Waals surface area contributed by atoms with Crippen LogP contribution in [0.1, 0.15) is 60.9 Å². The van der Waals surface area contributed by atoms with Crippen molar-refractivity contribution in [3.63, 3.8) is 0 Å². The van der Waals surface area contributed by atoms with Gasteiger partial charge < -0.3 is 10.2 Å². The first kappa shape index (κ1) is 22.0. The van der Waals surface area contributed by atoms with E-state index in [-0.39, 0.29) is 42.9 Å². The second-order valence-corrected chi connectivity index (χ2v) is 8.59. The van der Waals surface area contributed by atoms with Gasteiger partial charge >= 0.3 is 0 Å². The molecule has 32 heavy (non-hydrogen) atoms. The van der Waals surface area contributed by atoms with Crippen LogP contribution in [0.5, 0.6) is 0 Å². The second-order valence-electron chi connectivity index (χ2n) is 8.59. The van der Waals surface area contributed by atoms with Crippen LogP contribution in [0.4, 0.5) is 15.8 Å². The Hall–Kier alpha value is -3.22. The van der Waals surface area contributed by atoms with E-state index in [4.69, 9.17) is 0 Å². The van der Waals surface area contributed by atoms with Crippen molar-refractivity contribution < 1.29 is 18.8 Å². The Balaban J connectivity index is 1.38. The van der Waals surface area contributed by atoms with Crippen molar-refractivity contribution in [2.75, 3.05) is 17.3 Å². The van der Waals surface area contributed by atoms with E-state index in [1.165, 1.54) is 30.2 Å². The van der Waals surface area contributed by atoms with Crippen LogP contribution in [0.15, 0.2) is 42.5 Å². The highest BCUT2D eigenvalue weighted by Crippen LogP contribution is 2.29. The van der Waals surface area contributed by atoms with Gasteiger partial charge in [-0.15, -0.1) is 0 Å². The summed E-state index contributed by atoms with van der Waals surface area (Å²) in [6.45, 7) is 0.209. The summed E-state index contributed by atoms with van der Waals surface area (Å²) < 4.78 is 14.8. The Kier molecular flexibility index (Phi) is 6.53. The third kappa shape index (κ3) is 4.82. The predicted molar refractivity (Wildman–Crippen MR) is 121 cm³/mol. The third-order valence-electron chi connectivity index (χ3n) is 6.42. The zero-order valence-corrected chi connectivity index (χ0v) is 18.3. The Labute approximate surface area is 187 Å². The number of benzene rings is 2. The quantitative estimate of drug-likeness (QED) is 0.676. The molecule has 0 aromatic heterocycles. The molecule has 7 heteroatoms. The minimum absolute atomic E-state index is 0.170. The number of carbonyl (C=O) groups is 3. The average Bonchev–Trinajstić information content (AvgIpc) is 3.12. The molecule has 4 rings (SSSR count). The molecule has 0 spiro atoms. The predicted octanol–water partition coefficient (Wildman–Crippen LogP) is 4.50. The van der Waals surface area contributed by atoms with Crippen molar-refractivity contribution in [2.24, 2.45) is 0 Å². The highest BCUT2D eigenvalue weighted by molar-refractivity contribution is 6.04. The lowest BCUT2D eigenvalue weighted by Gasteiger charge is -2.33. The van der Waals surface area contributed by atoms with Gasteiger partial charge in [-0.3, -0.25) is 19.3 Å². The molecule has 0 unspecified atom stereocenters. The zero-order valence-electron chi connectivity index (χ0n) is 18.3. The summed E-state index contributed by atoms with van der Waals surface area (Å²) in [7, 11) is 1.93. The number of hydrogen-bond donors (Lipinski definition) is 1. The summed E-state index contributed by atoms with van der Waals surface area (Å²) in [5.41, 5.74) is 2.12. The minimum atomic E-state index is -0.355. The third-order valence-corrected chi connectivity index (χ3v) is 6.42. The lowest BCUT2D eigenvalue weighted by atomic mass is 9.94. The van der Waals surface area contributed by atoms with Gasteiger partial charge in [0.2, 0.25) is 11.8 Å². The highest BCUT2D eigenvalue weighted by Gasteiger charge is 2.28. The smallest absolute Gasteiger partial charge is 0.255 e. The summed E-state index contributed by atoms with van der Waals surface area (Å²) in [6, 6.07) is 11.8. The molecule has 0 bridgehead atoms. The van der Waals surface area contributed by atoms with Crippen molar-refractivity contribution in [2.45, 2.75) is 57.5 Å². The fourth-order valence-corrected chi connectivity index (χ4v) is 4.48. The van der Waals surface area contributed by atoms with Crippen molar-refractivity contribution in [1.82, 2.24) is 4.90 Å². The molecule has 1 aliphatic carbocycles. The number of rotatable bonds is 6. The summed E-state index contributed by atoms with van der Waals surface area (Å²) in [6.07, 6.45) is 6.25. The normalized spacial score (nSPS) is 17.0. The Bertz CT molecular complexity index is 1000. The van der Waals surface area contributed by atoms with Gasteiger partial charge in [0.1, 0.15) is 5.82 Å². The largest absolute Gasteiger partial charge is 0.369 e. The van der Waals surface area contributed by atoms with E-state index in [1.54, 1.807) is 36.4 Å². The summed E-state index contributed by atoms with van der Waals surface area (Å²) in [5, 5.41) is 2.74. The molecule has 1 saturated heterocycles. The number of likely N-dealkylation sites (tertiary alicyclic amines) is 1. The number of carbonyl (C=O) groups excluding carboxylic acids is 3. The van der Waals surface area contributed by atoms with Crippen LogP contribution in [-0.4, -0.2) is 35.7 Å². The molecule has 1 saturated carbocycles. The molecule has 1 N–H and O–H groups in total. The van der Waals surface area contributed by atoms with Gasteiger partial charge in [-0.05, 0) is 48.7 Å². The maximum atomic E-state index is 14.8. The van der Waals surface area contributed by atoms with E-state index in [1.807, 2.05) is 11.9 Å². The van der Waals surface area contributed by atoms with E-state index in [9.17, 15) is 18.8 Å².